The molecule has 0 bridgehead atoms. The SMILES string of the molecule is COP(=O)(O)NCCCNC(C)=O. The van der Waals surface area contributed by atoms with Gasteiger partial charge in [0, 0.05) is 27.1 Å². The van der Waals surface area contributed by atoms with Gasteiger partial charge in [0.15, 0.2) is 0 Å². The van der Waals surface area contributed by atoms with E-state index in [1.54, 1.807) is 0 Å². The molecule has 0 spiro atoms. The van der Waals surface area contributed by atoms with Crippen LogP contribution in [0.3, 0.4) is 0 Å². The lowest BCUT2D eigenvalue weighted by molar-refractivity contribution is -0.118. The summed E-state index contributed by atoms with van der Waals surface area (Å²) >= 11 is 0. The number of nitrogens with one attached hydrogen (secondary N) is 2. The van der Waals surface area contributed by atoms with Gasteiger partial charge in [-0.1, -0.05) is 0 Å². The summed E-state index contributed by atoms with van der Waals surface area (Å²) in [4.78, 5) is 19.3. The molecule has 6 nitrogen and oxygen atoms in total. The highest BCUT2D eigenvalue weighted by atomic mass is 31.2. The van der Waals surface area contributed by atoms with Crippen LogP contribution in [0.2, 0.25) is 0 Å². The number of rotatable bonds is 6. The van der Waals surface area contributed by atoms with E-state index in [0.717, 1.165) is 7.11 Å². The van der Waals surface area contributed by atoms with Gasteiger partial charge >= 0.3 is 7.75 Å². The van der Waals surface area contributed by atoms with E-state index in [4.69, 9.17) is 4.89 Å². The number of hydrogen-bond acceptors (Lipinski definition) is 3. The third-order valence-corrected chi connectivity index (χ3v) is 2.40. The van der Waals surface area contributed by atoms with Crippen LogP contribution in [-0.2, 0) is 13.9 Å². The molecular weight excluding hydrogens is 195 g/mol. The molecule has 0 heterocycles. The van der Waals surface area contributed by atoms with Crippen molar-refractivity contribution >= 4 is 13.7 Å². The molecule has 0 aromatic carbocycles. The summed E-state index contributed by atoms with van der Waals surface area (Å²) in [6.45, 7) is 2.22. The van der Waals surface area contributed by atoms with Crippen molar-refractivity contribution in [2.75, 3.05) is 20.2 Å². The van der Waals surface area contributed by atoms with Gasteiger partial charge in [-0.2, -0.15) is 0 Å². The average Bonchev–Trinajstić information content (AvgIpc) is 2.03. The zero-order chi connectivity index (χ0) is 10.3. The molecule has 0 saturated heterocycles. The first-order valence-electron chi connectivity index (χ1n) is 3.86. The standard InChI is InChI=1S/C6H15N2O4P/c1-6(9)7-4-3-5-8-13(10,11)12-2/h3-5H2,1-2H3,(H,7,9)(H2,8,10,11). The molecular formula is C6H15N2O4P. The first-order valence-corrected chi connectivity index (χ1v) is 5.44. The van der Waals surface area contributed by atoms with Crippen LogP contribution in [0, 0.1) is 0 Å². The highest BCUT2D eigenvalue weighted by Crippen LogP contribution is 2.34. The van der Waals surface area contributed by atoms with Gasteiger partial charge in [-0.3, -0.25) is 4.79 Å². The molecule has 3 N–H and O–H groups in total. The molecule has 0 aliphatic rings. The van der Waals surface area contributed by atoms with Gasteiger partial charge in [0.1, 0.15) is 0 Å². The Kier molecular flexibility index (Phi) is 5.90. The zero-order valence-corrected chi connectivity index (χ0v) is 8.63. The minimum absolute atomic E-state index is 0.112. The predicted octanol–water partition coefficient (Wildman–Crippen LogP) is -0.151. The fourth-order valence-corrected chi connectivity index (χ4v) is 1.21. The first-order chi connectivity index (χ1) is 5.98. The first kappa shape index (κ1) is 12.6. The van der Waals surface area contributed by atoms with E-state index in [1.807, 2.05) is 0 Å². The van der Waals surface area contributed by atoms with E-state index in [0.29, 0.717) is 19.5 Å². The molecule has 1 amide bonds. The molecule has 0 aliphatic carbocycles. The van der Waals surface area contributed by atoms with Gasteiger partial charge in [0.25, 0.3) is 0 Å². The van der Waals surface area contributed by atoms with Gasteiger partial charge in [0.2, 0.25) is 5.91 Å². The van der Waals surface area contributed by atoms with Crippen LogP contribution in [0.4, 0.5) is 0 Å². The van der Waals surface area contributed by atoms with Gasteiger partial charge < -0.3 is 14.7 Å². The van der Waals surface area contributed by atoms with Crippen molar-refractivity contribution in [1.82, 2.24) is 10.4 Å². The Labute approximate surface area is 77.3 Å². The second-order valence-electron chi connectivity index (χ2n) is 2.45. The maximum atomic E-state index is 10.8. The summed E-state index contributed by atoms with van der Waals surface area (Å²) in [6.07, 6.45) is 0.577. The normalized spacial score (nSPS) is 15.0. The van der Waals surface area contributed by atoms with Crippen molar-refractivity contribution in [2.45, 2.75) is 13.3 Å². The summed E-state index contributed by atoms with van der Waals surface area (Å²) in [6, 6.07) is 0. The van der Waals surface area contributed by atoms with Crippen molar-refractivity contribution in [3.8, 4) is 0 Å². The van der Waals surface area contributed by atoms with Crippen molar-refractivity contribution < 1.29 is 18.8 Å². The minimum atomic E-state index is -3.60. The van der Waals surface area contributed by atoms with Crippen LogP contribution in [0.25, 0.3) is 0 Å². The Bertz CT molecular complexity index is 209. The van der Waals surface area contributed by atoms with Crippen molar-refractivity contribution in [1.29, 1.82) is 0 Å². The molecule has 1 unspecified atom stereocenters. The summed E-state index contributed by atoms with van der Waals surface area (Å²) in [5, 5.41) is 4.88. The number of amides is 1. The van der Waals surface area contributed by atoms with E-state index in [1.165, 1.54) is 6.92 Å². The quantitative estimate of drug-likeness (QED) is 0.419. The molecule has 0 rings (SSSR count). The molecule has 0 aromatic rings. The van der Waals surface area contributed by atoms with Crippen LogP contribution < -0.4 is 10.4 Å². The number of carbonyl (C=O) groups is 1. The molecule has 13 heavy (non-hydrogen) atoms. The predicted molar refractivity (Wildman–Crippen MR) is 48.1 cm³/mol. The highest BCUT2D eigenvalue weighted by molar-refractivity contribution is 7.50. The van der Waals surface area contributed by atoms with Crippen LogP contribution in [0.15, 0.2) is 0 Å². The van der Waals surface area contributed by atoms with Crippen LogP contribution in [0.5, 0.6) is 0 Å². The van der Waals surface area contributed by atoms with Crippen molar-refractivity contribution in [3.05, 3.63) is 0 Å². The topological polar surface area (TPSA) is 87.7 Å². The van der Waals surface area contributed by atoms with Crippen LogP contribution >= 0.6 is 7.75 Å². The zero-order valence-electron chi connectivity index (χ0n) is 7.74. The monoisotopic (exact) mass is 210 g/mol. The smallest absolute Gasteiger partial charge is 0.356 e. The summed E-state index contributed by atoms with van der Waals surface area (Å²) < 4.78 is 15.1. The molecule has 0 aromatic heterocycles. The molecule has 1 atom stereocenters. The molecule has 0 radical (unpaired) electrons. The van der Waals surface area contributed by atoms with E-state index in [2.05, 4.69) is 14.9 Å². The third kappa shape index (κ3) is 7.93. The second kappa shape index (κ2) is 6.10. The Morgan fingerprint density at radius 2 is 2.15 bits per heavy atom. The maximum absolute atomic E-state index is 10.8. The lowest BCUT2D eigenvalue weighted by atomic mass is 10.4. The van der Waals surface area contributed by atoms with Crippen LogP contribution in [-0.4, -0.2) is 31.0 Å². The van der Waals surface area contributed by atoms with Gasteiger partial charge in [-0.15, -0.1) is 0 Å². The highest BCUT2D eigenvalue weighted by Gasteiger charge is 2.14. The van der Waals surface area contributed by atoms with Gasteiger partial charge in [0.05, 0.1) is 0 Å². The van der Waals surface area contributed by atoms with E-state index in [9.17, 15) is 9.36 Å². The fourth-order valence-electron chi connectivity index (χ4n) is 0.638. The second-order valence-corrected chi connectivity index (χ2v) is 4.17. The van der Waals surface area contributed by atoms with Gasteiger partial charge in [-0.05, 0) is 6.42 Å². The summed E-state index contributed by atoms with van der Waals surface area (Å²) in [5.74, 6) is -0.112. The van der Waals surface area contributed by atoms with Gasteiger partial charge in [-0.25, -0.2) is 9.65 Å². The lowest BCUT2D eigenvalue weighted by Gasteiger charge is -2.09. The molecule has 0 fully saturated rings. The Hall–Kier alpha value is -0.420. The fraction of sp³-hybridized carbons (Fsp3) is 0.833. The Balaban J connectivity index is 3.36. The summed E-state index contributed by atoms with van der Waals surface area (Å²) in [5.41, 5.74) is 0. The van der Waals surface area contributed by atoms with E-state index in [-0.39, 0.29) is 5.91 Å². The molecule has 0 saturated carbocycles. The molecule has 7 heteroatoms. The average molecular weight is 210 g/mol. The molecule has 0 aliphatic heterocycles. The third-order valence-electron chi connectivity index (χ3n) is 1.29. The summed E-state index contributed by atoms with van der Waals surface area (Å²) in [7, 11) is -2.45. The number of hydrogen-bond donors (Lipinski definition) is 3. The van der Waals surface area contributed by atoms with Crippen LogP contribution in [0.1, 0.15) is 13.3 Å². The maximum Gasteiger partial charge on any atom is 0.402 e. The van der Waals surface area contributed by atoms with Crippen molar-refractivity contribution in [3.63, 3.8) is 0 Å². The molecule has 78 valence electrons. The van der Waals surface area contributed by atoms with Crippen molar-refractivity contribution in [2.24, 2.45) is 0 Å². The van der Waals surface area contributed by atoms with E-state index >= 15 is 0 Å². The van der Waals surface area contributed by atoms with E-state index < -0.39 is 7.75 Å². The number of carbonyl (C=O) groups excluding carboxylic acids is 1. The Morgan fingerprint density at radius 1 is 1.54 bits per heavy atom. The minimum Gasteiger partial charge on any atom is -0.356 e. The lowest BCUT2D eigenvalue weighted by Crippen LogP contribution is -2.24. The largest absolute Gasteiger partial charge is 0.402 e. The Morgan fingerprint density at radius 3 is 2.62 bits per heavy atom.